The molecule has 3 aromatic rings. The van der Waals surface area contributed by atoms with Crippen molar-refractivity contribution in [2.24, 2.45) is 0 Å². The highest BCUT2D eigenvalue weighted by Crippen LogP contribution is 2.28. The van der Waals surface area contributed by atoms with E-state index in [1.165, 1.54) is 0 Å². The maximum atomic E-state index is 6.17. The van der Waals surface area contributed by atoms with Crippen LogP contribution < -0.4 is 15.4 Å². The topological polar surface area (TPSA) is 59.1 Å². The van der Waals surface area contributed by atoms with Gasteiger partial charge in [0.25, 0.3) is 0 Å². The van der Waals surface area contributed by atoms with Gasteiger partial charge < -0.3 is 15.4 Å². The minimum absolute atomic E-state index is 0.428. The number of halogens is 1. The number of nitrogens with one attached hydrogen (secondary N) is 2. The van der Waals surface area contributed by atoms with Crippen LogP contribution >= 0.6 is 11.6 Å². The zero-order valence-electron chi connectivity index (χ0n) is 12.5. The molecule has 0 aliphatic rings. The molecule has 0 unspecified atom stereocenters. The average Bonchev–Trinajstić information content (AvgIpc) is 2.59. The van der Waals surface area contributed by atoms with Crippen LogP contribution in [0.5, 0.6) is 5.75 Å². The molecule has 0 bridgehead atoms. The predicted molar refractivity (Wildman–Crippen MR) is 93.0 cm³/mol. The highest BCUT2D eigenvalue weighted by molar-refractivity contribution is 6.32. The summed E-state index contributed by atoms with van der Waals surface area (Å²) in [6.45, 7) is 0. The highest BCUT2D eigenvalue weighted by Gasteiger charge is 2.08. The van der Waals surface area contributed by atoms with Crippen LogP contribution in [0.2, 0.25) is 5.02 Å². The summed E-state index contributed by atoms with van der Waals surface area (Å²) in [5.74, 6) is 1.67. The number of benzene rings is 2. The number of anilines is 4. The second kappa shape index (κ2) is 6.98. The van der Waals surface area contributed by atoms with Crippen molar-refractivity contribution in [1.29, 1.82) is 0 Å². The third-order valence-corrected chi connectivity index (χ3v) is 3.41. The van der Waals surface area contributed by atoms with E-state index in [0.717, 1.165) is 11.4 Å². The van der Waals surface area contributed by atoms with Crippen molar-refractivity contribution < 1.29 is 4.74 Å². The van der Waals surface area contributed by atoms with Gasteiger partial charge >= 0.3 is 0 Å². The van der Waals surface area contributed by atoms with Gasteiger partial charge in [-0.05, 0) is 24.3 Å². The molecule has 0 radical (unpaired) electrons. The van der Waals surface area contributed by atoms with Crippen LogP contribution in [-0.2, 0) is 0 Å². The smallest absolute Gasteiger partial charge is 0.229 e. The zero-order valence-corrected chi connectivity index (χ0v) is 13.2. The molecule has 6 heteroatoms. The Morgan fingerprint density at radius 1 is 0.957 bits per heavy atom. The van der Waals surface area contributed by atoms with Crippen molar-refractivity contribution in [3.05, 3.63) is 65.8 Å². The molecule has 5 nitrogen and oxygen atoms in total. The van der Waals surface area contributed by atoms with Gasteiger partial charge in [0.1, 0.15) is 10.8 Å². The molecular weight excluding hydrogens is 312 g/mol. The van der Waals surface area contributed by atoms with Crippen LogP contribution in [-0.4, -0.2) is 17.1 Å². The van der Waals surface area contributed by atoms with E-state index in [4.69, 9.17) is 16.3 Å². The van der Waals surface area contributed by atoms with Gasteiger partial charge in [0.05, 0.1) is 19.0 Å². The van der Waals surface area contributed by atoms with Gasteiger partial charge in [0, 0.05) is 5.69 Å². The van der Waals surface area contributed by atoms with Crippen molar-refractivity contribution in [2.45, 2.75) is 0 Å². The van der Waals surface area contributed by atoms with E-state index in [-0.39, 0.29) is 0 Å². The molecule has 3 rings (SSSR count). The second-order valence-corrected chi connectivity index (χ2v) is 5.11. The maximum Gasteiger partial charge on any atom is 0.229 e. The summed E-state index contributed by atoms with van der Waals surface area (Å²) in [5.41, 5.74) is 1.68. The molecule has 0 amide bonds. The Morgan fingerprint density at radius 3 is 2.48 bits per heavy atom. The number of nitrogens with zero attached hydrogens (tertiary/aromatic N) is 2. The Morgan fingerprint density at radius 2 is 1.70 bits per heavy atom. The lowest BCUT2D eigenvalue weighted by Gasteiger charge is -2.12. The second-order valence-electron chi connectivity index (χ2n) is 4.71. The van der Waals surface area contributed by atoms with Crippen LogP contribution in [0.1, 0.15) is 0 Å². The van der Waals surface area contributed by atoms with Crippen LogP contribution in [0.25, 0.3) is 0 Å². The molecule has 116 valence electrons. The summed E-state index contributed by atoms with van der Waals surface area (Å²) < 4.78 is 5.31. The normalized spacial score (nSPS) is 10.2. The fraction of sp³-hybridized carbons (Fsp3) is 0.0588. The molecule has 1 aromatic heterocycles. The first-order valence-corrected chi connectivity index (χ1v) is 7.39. The standard InChI is InChI=1S/C17H15ClN4O/c1-23-15-10-6-5-9-14(15)21-17-19-11-13(18)16(22-17)20-12-7-3-2-4-8-12/h2-11H,1H3,(H2,19,20,21,22). The SMILES string of the molecule is COc1ccccc1Nc1ncc(Cl)c(Nc2ccccc2)n1. The summed E-state index contributed by atoms with van der Waals surface area (Å²) in [6.07, 6.45) is 1.55. The van der Waals surface area contributed by atoms with E-state index in [0.29, 0.717) is 22.5 Å². The van der Waals surface area contributed by atoms with Crippen molar-refractivity contribution in [1.82, 2.24) is 9.97 Å². The molecule has 2 aromatic carbocycles. The zero-order chi connectivity index (χ0) is 16.1. The molecule has 1 heterocycles. The lowest BCUT2D eigenvalue weighted by Crippen LogP contribution is -2.02. The Hall–Kier alpha value is -2.79. The summed E-state index contributed by atoms with van der Waals surface area (Å²) in [7, 11) is 1.62. The number of hydrogen-bond acceptors (Lipinski definition) is 5. The van der Waals surface area contributed by atoms with Gasteiger partial charge in [-0.1, -0.05) is 41.9 Å². The van der Waals surface area contributed by atoms with Crippen LogP contribution in [0.3, 0.4) is 0 Å². The molecule has 0 aliphatic carbocycles. The molecule has 0 saturated carbocycles. The Kier molecular flexibility index (Phi) is 4.59. The third-order valence-electron chi connectivity index (χ3n) is 3.13. The van der Waals surface area contributed by atoms with E-state index in [2.05, 4.69) is 20.6 Å². The molecule has 0 saturated heterocycles. The highest BCUT2D eigenvalue weighted by atomic mass is 35.5. The minimum Gasteiger partial charge on any atom is -0.495 e. The monoisotopic (exact) mass is 326 g/mol. The number of hydrogen-bond donors (Lipinski definition) is 2. The molecule has 0 fully saturated rings. The van der Waals surface area contributed by atoms with Gasteiger partial charge in [0.2, 0.25) is 5.95 Å². The van der Waals surface area contributed by atoms with Crippen molar-refractivity contribution in [3.8, 4) is 5.75 Å². The first kappa shape index (κ1) is 15.1. The first-order valence-electron chi connectivity index (χ1n) is 7.01. The van der Waals surface area contributed by atoms with Crippen LogP contribution in [0, 0.1) is 0 Å². The van der Waals surface area contributed by atoms with Gasteiger partial charge in [-0.2, -0.15) is 4.98 Å². The fourth-order valence-electron chi connectivity index (χ4n) is 2.04. The predicted octanol–water partition coefficient (Wildman–Crippen LogP) is 4.63. The third kappa shape index (κ3) is 3.70. The lowest BCUT2D eigenvalue weighted by atomic mass is 10.3. The quantitative estimate of drug-likeness (QED) is 0.716. The van der Waals surface area contributed by atoms with Gasteiger partial charge in [-0.3, -0.25) is 0 Å². The molecule has 0 atom stereocenters. The fourth-order valence-corrected chi connectivity index (χ4v) is 2.18. The number of methoxy groups -OCH3 is 1. The van der Waals surface area contributed by atoms with E-state index in [1.54, 1.807) is 13.3 Å². The summed E-state index contributed by atoms with van der Waals surface area (Å²) >= 11 is 6.17. The number of para-hydroxylation sites is 3. The van der Waals surface area contributed by atoms with Crippen molar-refractivity contribution in [2.75, 3.05) is 17.7 Å². The van der Waals surface area contributed by atoms with E-state index in [9.17, 15) is 0 Å². The van der Waals surface area contributed by atoms with Gasteiger partial charge in [-0.15, -0.1) is 0 Å². The Balaban J connectivity index is 1.85. The Bertz CT molecular complexity index is 796. The molecule has 0 aliphatic heterocycles. The van der Waals surface area contributed by atoms with E-state index >= 15 is 0 Å². The Labute approximate surface area is 139 Å². The molecule has 23 heavy (non-hydrogen) atoms. The van der Waals surface area contributed by atoms with Crippen LogP contribution in [0.4, 0.5) is 23.1 Å². The first-order chi connectivity index (χ1) is 11.3. The molecular formula is C17H15ClN4O. The van der Waals surface area contributed by atoms with Gasteiger partial charge in [0.15, 0.2) is 5.82 Å². The van der Waals surface area contributed by atoms with Gasteiger partial charge in [-0.25, -0.2) is 4.98 Å². The summed E-state index contributed by atoms with van der Waals surface area (Å²) in [5, 5.41) is 6.75. The number of rotatable bonds is 5. The van der Waals surface area contributed by atoms with Crippen molar-refractivity contribution in [3.63, 3.8) is 0 Å². The van der Waals surface area contributed by atoms with E-state index in [1.807, 2.05) is 54.6 Å². The summed E-state index contributed by atoms with van der Waals surface area (Å²) in [6, 6.07) is 17.2. The number of aromatic nitrogens is 2. The van der Waals surface area contributed by atoms with Crippen molar-refractivity contribution >= 4 is 34.7 Å². The van der Waals surface area contributed by atoms with Crippen LogP contribution in [0.15, 0.2) is 60.8 Å². The largest absolute Gasteiger partial charge is 0.495 e. The maximum absolute atomic E-state index is 6.17. The lowest BCUT2D eigenvalue weighted by molar-refractivity contribution is 0.417. The summed E-state index contributed by atoms with van der Waals surface area (Å²) in [4.78, 5) is 8.62. The molecule has 2 N–H and O–H groups in total. The minimum atomic E-state index is 0.428. The molecule has 0 spiro atoms. The number of ether oxygens (including phenoxy) is 1. The van der Waals surface area contributed by atoms with E-state index < -0.39 is 0 Å². The average molecular weight is 327 g/mol.